The van der Waals surface area contributed by atoms with E-state index in [9.17, 15) is 0 Å². The summed E-state index contributed by atoms with van der Waals surface area (Å²) in [5.41, 5.74) is 1.93. The van der Waals surface area contributed by atoms with Gasteiger partial charge in [0.05, 0.1) is 25.8 Å². The molecule has 0 saturated carbocycles. The lowest BCUT2D eigenvalue weighted by molar-refractivity contribution is 0.354. The van der Waals surface area contributed by atoms with E-state index in [-0.39, 0.29) is 0 Å². The number of aromatic nitrogens is 4. The number of nitrogens with zero attached hydrogens (tertiary/aromatic N) is 5. The van der Waals surface area contributed by atoms with Crippen LogP contribution in [0.15, 0.2) is 24.4 Å². The lowest BCUT2D eigenvalue weighted by atomic mass is 10.2. The molecule has 0 aliphatic heterocycles. The van der Waals surface area contributed by atoms with Gasteiger partial charge < -0.3 is 14.4 Å². The van der Waals surface area contributed by atoms with Crippen molar-refractivity contribution in [1.82, 2.24) is 19.7 Å². The van der Waals surface area contributed by atoms with Crippen LogP contribution in [0.5, 0.6) is 11.5 Å². The van der Waals surface area contributed by atoms with E-state index in [1.807, 2.05) is 39.2 Å². The Balaban J connectivity index is 1.94. The summed E-state index contributed by atoms with van der Waals surface area (Å²) in [6, 6.07) is 5.91. The zero-order valence-electron chi connectivity index (χ0n) is 14.6. The predicted molar refractivity (Wildman–Crippen MR) is 92.7 cm³/mol. The standard InChI is InChI=1S/C17H21N5O2/c1-11-19-16(13-9-18-22(3)17(13)20-11)21(2)10-12-6-7-14(23-4)15(8-12)24-5/h6-9H,10H2,1-5H3. The first-order valence-corrected chi connectivity index (χ1v) is 7.62. The van der Waals surface area contributed by atoms with E-state index in [4.69, 9.17) is 9.47 Å². The fraction of sp³-hybridized carbons (Fsp3) is 0.353. The third kappa shape index (κ3) is 2.84. The summed E-state index contributed by atoms with van der Waals surface area (Å²) < 4.78 is 12.4. The number of methoxy groups -OCH3 is 2. The van der Waals surface area contributed by atoms with Crippen molar-refractivity contribution in [2.24, 2.45) is 7.05 Å². The Kier molecular flexibility index (Phi) is 4.24. The van der Waals surface area contributed by atoms with Gasteiger partial charge in [-0.25, -0.2) is 9.97 Å². The highest BCUT2D eigenvalue weighted by Gasteiger charge is 2.14. The summed E-state index contributed by atoms with van der Waals surface area (Å²) in [7, 11) is 7.16. The van der Waals surface area contributed by atoms with Gasteiger partial charge in [0, 0.05) is 20.6 Å². The monoisotopic (exact) mass is 327 g/mol. The van der Waals surface area contributed by atoms with E-state index in [0.717, 1.165) is 34.0 Å². The highest BCUT2D eigenvalue weighted by Crippen LogP contribution is 2.29. The van der Waals surface area contributed by atoms with E-state index >= 15 is 0 Å². The van der Waals surface area contributed by atoms with Crippen LogP contribution in [0.3, 0.4) is 0 Å². The Morgan fingerprint density at radius 2 is 1.88 bits per heavy atom. The van der Waals surface area contributed by atoms with Crippen molar-refractivity contribution in [3.8, 4) is 11.5 Å². The van der Waals surface area contributed by atoms with Gasteiger partial charge in [-0.3, -0.25) is 4.68 Å². The molecular formula is C17H21N5O2. The molecule has 3 rings (SSSR count). The molecular weight excluding hydrogens is 306 g/mol. The summed E-state index contributed by atoms with van der Waals surface area (Å²) in [5.74, 6) is 3.02. The maximum atomic E-state index is 5.37. The van der Waals surface area contributed by atoms with E-state index in [2.05, 4.69) is 20.0 Å². The van der Waals surface area contributed by atoms with Crippen LogP contribution < -0.4 is 14.4 Å². The third-order valence-electron chi connectivity index (χ3n) is 3.91. The molecule has 7 nitrogen and oxygen atoms in total. The van der Waals surface area contributed by atoms with Gasteiger partial charge in [-0.15, -0.1) is 0 Å². The first-order chi connectivity index (χ1) is 11.5. The van der Waals surface area contributed by atoms with Gasteiger partial charge in [0.1, 0.15) is 11.6 Å². The van der Waals surface area contributed by atoms with Crippen LogP contribution in [-0.4, -0.2) is 41.0 Å². The van der Waals surface area contributed by atoms with Crippen LogP contribution in [0.25, 0.3) is 11.0 Å². The molecule has 2 heterocycles. The predicted octanol–water partition coefficient (Wildman–Crippen LogP) is 2.33. The molecule has 2 aromatic heterocycles. The van der Waals surface area contributed by atoms with Crippen molar-refractivity contribution in [2.75, 3.05) is 26.2 Å². The lowest BCUT2D eigenvalue weighted by Crippen LogP contribution is -2.19. The average molecular weight is 327 g/mol. The van der Waals surface area contributed by atoms with Gasteiger partial charge in [0.25, 0.3) is 0 Å². The summed E-state index contributed by atoms with van der Waals surface area (Å²) in [6.07, 6.45) is 1.80. The van der Waals surface area contributed by atoms with E-state index < -0.39 is 0 Å². The van der Waals surface area contributed by atoms with Crippen molar-refractivity contribution >= 4 is 16.9 Å². The molecule has 0 radical (unpaired) electrons. The third-order valence-corrected chi connectivity index (χ3v) is 3.91. The lowest BCUT2D eigenvalue weighted by Gasteiger charge is -2.20. The van der Waals surface area contributed by atoms with Gasteiger partial charge in [-0.2, -0.15) is 5.10 Å². The Bertz CT molecular complexity index is 875. The fourth-order valence-electron chi connectivity index (χ4n) is 2.73. The molecule has 126 valence electrons. The normalized spacial score (nSPS) is 10.9. The largest absolute Gasteiger partial charge is 0.493 e. The van der Waals surface area contributed by atoms with Gasteiger partial charge in [0.15, 0.2) is 17.1 Å². The summed E-state index contributed by atoms with van der Waals surface area (Å²) >= 11 is 0. The van der Waals surface area contributed by atoms with Gasteiger partial charge in [-0.05, 0) is 24.6 Å². The van der Waals surface area contributed by atoms with Crippen molar-refractivity contribution in [1.29, 1.82) is 0 Å². The number of anilines is 1. The van der Waals surface area contributed by atoms with Crippen molar-refractivity contribution in [2.45, 2.75) is 13.5 Å². The second-order valence-electron chi connectivity index (χ2n) is 5.65. The number of hydrogen-bond donors (Lipinski definition) is 0. The second-order valence-corrected chi connectivity index (χ2v) is 5.65. The number of aryl methyl sites for hydroxylation is 2. The molecule has 0 aliphatic rings. The maximum absolute atomic E-state index is 5.37. The molecule has 0 N–H and O–H groups in total. The molecule has 0 atom stereocenters. The SMILES string of the molecule is COc1ccc(CN(C)c2nc(C)nc3c2cnn3C)cc1OC. The van der Waals surface area contributed by atoms with Crippen LogP contribution in [0.1, 0.15) is 11.4 Å². The van der Waals surface area contributed by atoms with Gasteiger partial charge in [-0.1, -0.05) is 6.07 Å². The Morgan fingerprint density at radius 1 is 1.12 bits per heavy atom. The minimum absolute atomic E-state index is 0.681. The Labute approximate surface area is 140 Å². The minimum atomic E-state index is 0.681. The first-order valence-electron chi connectivity index (χ1n) is 7.62. The molecule has 24 heavy (non-hydrogen) atoms. The summed E-state index contributed by atoms with van der Waals surface area (Å²) in [4.78, 5) is 11.1. The molecule has 7 heteroatoms. The number of benzene rings is 1. The van der Waals surface area contributed by atoms with E-state index in [1.165, 1.54) is 0 Å². The van der Waals surface area contributed by atoms with Crippen molar-refractivity contribution in [3.05, 3.63) is 35.8 Å². The molecule has 3 aromatic rings. The number of ether oxygens (including phenoxy) is 2. The quantitative estimate of drug-likeness (QED) is 0.716. The maximum Gasteiger partial charge on any atom is 0.163 e. The zero-order chi connectivity index (χ0) is 17.3. The van der Waals surface area contributed by atoms with Crippen LogP contribution in [-0.2, 0) is 13.6 Å². The van der Waals surface area contributed by atoms with Gasteiger partial charge >= 0.3 is 0 Å². The Hall–Kier alpha value is -2.83. The molecule has 0 saturated heterocycles. The highest BCUT2D eigenvalue weighted by atomic mass is 16.5. The second kappa shape index (κ2) is 6.35. The van der Waals surface area contributed by atoms with Crippen LogP contribution >= 0.6 is 0 Å². The highest BCUT2D eigenvalue weighted by molar-refractivity contribution is 5.86. The topological polar surface area (TPSA) is 65.3 Å². The molecule has 0 amide bonds. The minimum Gasteiger partial charge on any atom is -0.493 e. The zero-order valence-corrected chi connectivity index (χ0v) is 14.6. The van der Waals surface area contributed by atoms with Crippen LogP contribution in [0.4, 0.5) is 5.82 Å². The molecule has 0 bridgehead atoms. The number of fused-ring (bicyclic) bond motifs is 1. The van der Waals surface area contributed by atoms with Crippen LogP contribution in [0.2, 0.25) is 0 Å². The smallest absolute Gasteiger partial charge is 0.163 e. The molecule has 0 unspecified atom stereocenters. The molecule has 1 aromatic carbocycles. The molecule has 0 spiro atoms. The Morgan fingerprint density at radius 3 is 2.58 bits per heavy atom. The molecule has 0 aliphatic carbocycles. The van der Waals surface area contributed by atoms with Crippen molar-refractivity contribution in [3.63, 3.8) is 0 Å². The van der Waals surface area contributed by atoms with Crippen molar-refractivity contribution < 1.29 is 9.47 Å². The fourth-order valence-corrected chi connectivity index (χ4v) is 2.73. The van der Waals surface area contributed by atoms with Gasteiger partial charge in [0.2, 0.25) is 0 Å². The summed E-state index contributed by atoms with van der Waals surface area (Å²) in [5, 5.41) is 5.22. The summed E-state index contributed by atoms with van der Waals surface area (Å²) in [6.45, 7) is 2.57. The first kappa shape index (κ1) is 16.0. The number of rotatable bonds is 5. The number of hydrogen-bond acceptors (Lipinski definition) is 6. The van der Waals surface area contributed by atoms with Crippen LogP contribution in [0, 0.1) is 6.92 Å². The van der Waals surface area contributed by atoms with E-state index in [1.54, 1.807) is 25.1 Å². The van der Waals surface area contributed by atoms with E-state index in [0.29, 0.717) is 12.3 Å². The molecule has 0 fully saturated rings. The average Bonchev–Trinajstić information content (AvgIpc) is 2.95.